The second-order valence-electron chi connectivity index (χ2n) is 7.82. The molecule has 1 saturated heterocycles. The summed E-state index contributed by atoms with van der Waals surface area (Å²) in [5.74, 6) is 1.00. The Balaban J connectivity index is 1.66. The van der Waals surface area contributed by atoms with Crippen molar-refractivity contribution in [1.82, 2.24) is 4.90 Å². The number of nitrogens with zero attached hydrogens (tertiary/aromatic N) is 1. The molecule has 3 rings (SSSR count). The van der Waals surface area contributed by atoms with Crippen molar-refractivity contribution in [3.63, 3.8) is 0 Å². The van der Waals surface area contributed by atoms with Crippen LogP contribution in [0.4, 0.5) is 0 Å². The van der Waals surface area contributed by atoms with Crippen LogP contribution in [-0.2, 0) is 6.54 Å². The Hall–Kier alpha value is -0.603. The van der Waals surface area contributed by atoms with Gasteiger partial charge < -0.3 is 0 Å². The Labute approximate surface area is 125 Å². The molecule has 0 aromatic heterocycles. The Morgan fingerprint density at radius 3 is 2.40 bits per heavy atom. The van der Waals surface area contributed by atoms with Gasteiger partial charge >= 0.3 is 0 Å². The summed E-state index contributed by atoms with van der Waals surface area (Å²) in [5.41, 5.74) is 1.51. The van der Waals surface area contributed by atoms with E-state index in [2.05, 4.69) is 48.8 Å². The van der Waals surface area contributed by atoms with Gasteiger partial charge in [0.15, 0.2) is 0 Å². The lowest BCUT2D eigenvalue weighted by Gasteiger charge is -2.31. The van der Waals surface area contributed by atoms with Crippen molar-refractivity contribution >= 4 is 13.3 Å². The Morgan fingerprint density at radius 2 is 1.70 bits per heavy atom. The molecule has 2 unspecified atom stereocenters. The first kappa shape index (κ1) is 14.3. The minimum Gasteiger partial charge on any atom is -0.296 e. The molecule has 2 aliphatic rings. The molecule has 2 atom stereocenters. The maximum atomic E-state index is 2.76. The van der Waals surface area contributed by atoms with Gasteiger partial charge in [0.25, 0.3) is 0 Å². The molecule has 0 bridgehead atoms. The summed E-state index contributed by atoms with van der Waals surface area (Å²) in [4.78, 5) is 2.76. The van der Waals surface area contributed by atoms with E-state index in [1.54, 1.807) is 5.19 Å². The Kier molecular flexibility index (Phi) is 4.05. The topological polar surface area (TPSA) is 3.24 Å². The predicted molar refractivity (Wildman–Crippen MR) is 90.2 cm³/mol. The second kappa shape index (κ2) is 5.65. The van der Waals surface area contributed by atoms with E-state index >= 15 is 0 Å². The highest BCUT2D eigenvalue weighted by Crippen LogP contribution is 2.36. The molecule has 1 aliphatic heterocycles. The normalized spacial score (nSPS) is 27.6. The van der Waals surface area contributed by atoms with Crippen molar-refractivity contribution in [1.29, 1.82) is 0 Å². The van der Waals surface area contributed by atoms with E-state index in [9.17, 15) is 0 Å². The number of hydrogen-bond donors (Lipinski definition) is 0. The van der Waals surface area contributed by atoms with Crippen LogP contribution in [0.2, 0.25) is 19.6 Å². The van der Waals surface area contributed by atoms with Gasteiger partial charge in [-0.2, -0.15) is 0 Å². The van der Waals surface area contributed by atoms with Crippen LogP contribution in [0.1, 0.15) is 37.7 Å². The quantitative estimate of drug-likeness (QED) is 0.760. The van der Waals surface area contributed by atoms with E-state index in [-0.39, 0.29) is 0 Å². The molecule has 0 radical (unpaired) electrons. The molecule has 2 heteroatoms. The van der Waals surface area contributed by atoms with Gasteiger partial charge in [0.1, 0.15) is 0 Å². The fraction of sp³-hybridized carbons (Fsp3) is 0.667. The van der Waals surface area contributed by atoms with Crippen LogP contribution in [0.25, 0.3) is 0 Å². The predicted octanol–water partition coefficient (Wildman–Crippen LogP) is 4.00. The van der Waals surface area contributed by atoms with E-state index in [0.717, 1.165) is 12.0 Å². The molecule has 1 aromatic carbocycles. The van der Waals surface area contributed by atoms with Gasteiger partial charge in [-0.1, -0.05) is 61.9 Å². The number of benzene rings is 1. The number of fused-ring (bicyclic) bond motifs is 1. The summed E-state index contributed by atoms with van der Waals surface area (Å²) in [5, 5.41) is 1.58. The van der Waals surface area contributed by atoms with Crippen LogP contribution in [0.15, 0.2) is 24.3 Å². The van der Waals surface area contributed by atoms with Crippen molar-refractivity contribution in [3.8, 4) is 0 Å². The largest absolute Gasteiger partial charge is 0.296 e. The lowest BCUT2D eigenvalue weighted by Crippen LogP contribution is -2.37. The van der Waals surface area contributed by atoms with E-state index in [0.29, 0.717) is 0 Å². The summed E-state index contributed by atoms with van der Waals surface area (Å²) >= 11 is 0. The van der Waals surface area contributed by atoms with Gasteiger partial charge in [0.05, 0.1) is 8.07 Å². The van der Waals surface area contributed by atoms with Gasteiger partial charge in [-0.05, 0) is 37.3 Å². The first-order chi connectivity index (χ1) is 9.54. The fourth-order valence-electron chi connectivity index (χ4n) is 4.04. The van der Waals surface area contributed by atoms with E-state index in [4.69, 9.17) is 0 Å². The third-order valence-corrected chi connectivity index (χ3v) is 7.40. The maximum absolute atomic E-state index is 2.76. The fourth-order valence-corrected chi connectivity index (χ4v) is 5.21. The smallest absolute Gasteiger partial charge is 0.0775 e. The Morgan fingerprint density at radius 1 is 1.00 bits per heavy atom. The number of rotatable bonds is 3. The lowest BCUT2D eigenvalue weighted by atomic mass is 9.85. The van der Waals surface area contributed by atoms with E-state index in [1.807, 2.05) is 0 Å². The van der Waals surface area contributed by atoms with E-state index in [1.165, 1.54) is 50.8 Å². The SMILES string of the molecule is C[Si](C)(C)c1ccc(CN2CCC3CCCCC32)cc1. The van der Waals surface area contributed by atoms with Gasteiger partial charge in [0.2, 0.25) is 0 Å². The first-order valence-electron chi connectivity index (χ1n) is 8.37. The van der Waals surface area contributed by atoms with Crippen molar-refractivity contribution in [2.24, 2.45) is 5.92 Å². The molecular formula is C18H29NSi. The average Bonchev–Trinajstić information content (AvgIpc) is 2.82. The van der Waals surface area contributed by atoms with Crippen molar-refractivity contribution < 1.29 is 0 Å². The first-order valence-corrected chi connectivity index (χ1v) is 11.9. The second-order valence-corrected chi connectivity index (χ2v) is 12.9. The van der Waals surface area contributed by atoms with Crippen LogP contribution >= 0.6 is 0 Å². The van der Waals surface area contributed by atoms with Gasteiger partial charge in [-0.3, -0.25) is 4.90 Å². The maximum Gasteiger partial charge on any atom is 0.0775 e. The summed E-state index contributed by atoms with van der Waals surface area (Å²) in [7, 11) is -1.14. The standard InChI is InChI=1S/C18H29NSi/c1-20(2,3)17-10-8-15(9-11-17)14-19-13-12-16-6-4-5-7-18(16)19/h8-11,16,18H,4-7,12-14H2,1-3H3. The molecule has 1 aliphatic carbocycles. The van der Waals surface area contributed by atoms with Gasteiger partial charge in [-0.25, -0.2) is 0 Å². The molecule has 1 nitrogen and oxygen atoms in total. The van der Waals surface area contributed by atoms with Crippen LogP contribution < -0.4 is 5.19 Å². The molecule has 0 N–H and O–H groups in total. The molecule has 1 saturated carbocycles. The van der Waals surface area contributed by atoms with Crippen LogP contribution in [0, 0.1) is 5.92 Å². The molecule has 110 valence electrons. The van der Waals surface area contributed by atoms with Crippen LogP contribution in [-0.4, -0.2) is 25.6 Å². The summed E-state index contributed by atoms with van der Waals surface area (Å²) in [6.45, 7) is 9.78. The third kappa shape index (κ3) is 3.01. The average molecular weight is 288 g/mol. The number of likely N-dealkylation sites (tertiary alicyclic amines) is 1. The van der Waals surface area contributed by atoms with E-state index < -0.39 is 8.07 Å². The Bertz CT molecular complexity index is 445. The monoisotopic (exact) mass is 287 g/mol. The summed E-state index contributed by atoms with van der Waals surface area (Å²) in [6.07, 6.45) is 7.29. The zero-order valence-electron chi connectivity index (χ0n) is 13.4. The lowest BCUT2D eigenvalue weighted by molar-refractivity contribution is 0.176. The van der Waals surface area contributed by atoms with Crippen molar-refractivity contribution in [2.75, 3.05) is 6.54 Å². The van der Waals surface area contributed by atoms with Gasteiger partial charge in [-0.15, -0.1) is 0 Å². The highest BCUT2D eigenvalue weighted by molar-refractivity contribution is 6.88. The minimum atomic E-state index is -1.14. The van der Waals surface area contributed by atoms with Crippen molar-refractivity contribution in [2.45, 2.75) is 64.3 Å². The molecule has 1 heterocycles. The third-order valence-electron chi connectivity index (χ3n) is 5.33. The molecule has 1 aromatic rings. The zero-order chi connectivity index (χ0) is 14.2. The van der Waals surface area contributed by atoms with Crippen LogP contribution in [0.5, 0.6) is 0 Å². The zero-order valence-corrected chi connectivity index (χ0v) is 14.4. The van der Waals surface area contributed by atoms with Crippen molar-refractivity contribution in [3.05, 3.63) is 29.8 Å². The molecular weight excluding hydrogens is 258 g/mol. The molecule has 0 spiro atoms. The molecule has 20 heavy (non-hydrogen) atoms. The highest BCUT2D eigenvalue weighted by atomic mass is 28.3. The highest BCUT2D eigenvalue weighted by Gasteiger charge is 2.35. The summed E-state index contributed by atoms with van der Waals surface area (Å²) in [6, 6.07) is 10.4. The minimum absolute atomic E-state index is 0.889. The van der Waals surface area contributed by atoms with Gasteiger partial charge in [0, 0.05) is 12.6 Å². The molecule has 0 amide bonds. The number of hydrogen-bond acceptors (Lipinski definition) is 1. The molecule has 2 fully saturated rings. The van der Waals surface area contributed by atoms with Crippen LogP contribution in [0.3, 0.4) is 0 Å². The summed E-state index contributed by atoms with van der Waals surface area (Å²) < 4.78 is 0.